The van der Waals surface area contributed by atoms with E-state index in [1.165, 1.54) is 12.8 Å². The maximum absolute atomic E-state index is 11.7. The molecular weight excluding hydrogens is 246 g/mol. The average Bonchev–Trinajstić information content (AvgIpc) is 2.63. The first-order valence-electron chi connectivity index (χ1n) is 5.90. The fourth-order valence-electron chi connectivity index (χ4n) is 2.17. The van der Waals surface area contributed by atoms with Gasteiger partial charge in [0.2, 0.25) is 10.0 Å². The first-order valence-corrected chi connectivity index (χ1v) is 8.09. The quantitative estimate of drug-likeness (QED) is 0.751. The first-order chi connectivity index (χ1) is 7.37. The van der Waals surface area contributed by atoms with Crippen molar-refractivity contribution in [3.8, 4) is 0 Å². The average molecular weight is 268 g/mol. The van der Waals surface area contributed by atoms with Crippen LogP contribution in [0.5, 0.6) is 0 Å². The molecule has 0 saturated heterocycles. The molecule has 1 aliphatic rings. The summed E-state index contributed by atoms with van der Waals surface area (Å²) in [5.74, 6) is 0.528. The number of hydrogen-bond donors (Lipinski definition) is 1. The van der Waals surface area contributed by atoms with Crippen LogP contribution in [0.15, 0.2) is 0 Å². The second kappa shape index (κ2) is 5.69. The minimum Gasteiger partial charge on any atom is -0.215 e. The van der Waals surface area contributed by atoms with E-state index in [0.29, 0.717) is 12.4 Å². The zero-order chi connectivity index (χ0) is 12.2. The number of hydrogen-bond acceptors (Lipinski definition) is 2. The van der Waals surface area contributed by atoms with E-state index in [1.54, 1.807) is 0 Å². The summed E-state index contributed by atoms with van der Waals surface area (Å²) in [5, 5.41) is 0. The minimum absolute atomic E-state index is 0.00977. The zero-order valence-electron chi connectivity index (χ0n) is 10.1. The third kappa shape index (κ3) is 4.60. The maximum Gasteiger partial charge on any atom is 0.211 e. The number of rotatable bonds is 6. The summed E-state index contributed by atoms with van der Waals surface area (Å²) in [6.45, 7) is 4.58. The zero-order valence-corrected chi connectivity index (χ0v) is 11.7. The summed E-state index contributed by atoms with van der Waals surface area (Å²) in [6, 6.07) is 0. The summed E-state index contributed by atoms with van der Waals surface area (Å²) in [6.07, 6.45) is 4.69. The SMILES string of the molecule is CC(CCl)CS(=O)(=O)NCC1(C)CCCC1. The third-order valence-corrected chi connectivity index (χ3v) is 5.42. The van der Waals surface area contributed by atoms with Gasteiger partial charge in [-0.25, -0.2) is 13.1 Å². The number of sulfonamides is 1. The molecule has 1 aliphatic carbocycles. The molecule has 96 valence electrons. The molecule has 0 aromatic rings. The second-order valence-corrected chi connectivity index (χ2v) is 7.54. The molecule has 0 heterocycles. The van der Waals surface area contributed by atoms with Crippen molar-refractivity contribution in [1.29, 1.82) is 0 Å². The third-order valence-electron chi connectivity index (χ3n) is 3.30. The van der Waals surface area contributed by atoms with Crippen molar-refractivity contribution in [2.45, 2.75) is 39.5 Å². The Balaban J connectivity index is 2.41. The lowest BCUT2D eigenvalue weighted by Crippen LogP contribution is -2.37. The van der Waals surface area contributed by atoms with Crippen molar-refractivity contribution in [2.75, 3.05) is 18.2 Å². The Hall–Kier alpha value is 0.200. The molecule has 1 fully saturated rings. The van der Waals surface area contributed by atoms with Gasteiger partial charge in [-0.3, -0.25) is 0 Å². The fraction of sp³-hybridized carbons (Fsp3) is 1.00. The van der Waals surface area contributed by atoms with Gasteiger partial charge in [0.25, 0.3) is 0 Å². The molecule has 0 aliphatic heterocycles. The van der Waals surface area contributed by atoms with Crippen molar-refractivity contribution < 1.29 is 8.42 Å². The topological polar surface area (TPSA) is 46.2 Å². The van der Waals surface area contributed by atoms with Crippen LogP contribution in [0.3, 0.4) is 0 Å². The second-order valence-electron chi connectivity index (χ2n) is 5.38. The van der Waals surface area contributed by atoms with Crippen molar-refractivity contribution in [3.63, 3.8) is 0 Å². The first kappa shape index (κ1) is 14.3. The molecular formula is C11H22ClNO2S. The summed E-state index contributed by atoms with van der Waals surface area (Å²) in [7, 11) is -3.15. The van der Waals surface area contributed by atoms with Gasteiger partial charge in [-0.1, -0.05) is 26.7 Å². The Bertz CT molecular complexity index is 310. The summed E-state index contributed by atoms with van der Waals surface area (Å²) >= 11 is 5.62. The van der Waals surface area contributed by atoms with E-state index in [1.807, 2.05) is 6.92 Å². The molecule has 3 nitrogen and oxygen atoms in total. The van der Waals surface area contributed by atoms with Crippen LogP contribution >= 0.6 is 11.6 Å². The standard InChI is InChI=1S/C11H22ClNO2S/c1-10(7-12)8-16(14,15)13-9-11(2)5-3-4-6-11/h10,13H,3-9H2,1-2H3. The Kier molecular flexibility index (Phi) is 5.08. The fourth-order valence-corrected chi connectivity index (χ4v) is 3.96. The number of halogens is 1. The van der Waals surface area contributed by atoms with Gasteiger partial charge in [-0.05, 0) is 24.2 Å². The summed E-state index contributed by atoms with van der Waals surface area (Å²) in [5.41, 5.74) is 0.164. The molecule has 16 heavy (non-hydrogen) atoms. The van der Waals surface area contributed by atoms with E-state index >= 15 is 0 Å². The Morgan fingerprint density at radius 3 is 2.44 bits per heavy atom. The van der Waals surface area contributed by atoms with Crippen LogP contribution < -0.4 is 4.72 Å². The normalized spacial score (nSPS) is 22.2. The summed E-state index contributed by atoms with van der Waals surface area (Å²) in [4.78, 5) is 0. The van der Waals surface area contributed by atoms with Crippen LogP contribution in [-0.4, -0.2) is 26.6 Å². The van der Waals surface area contributed by atoms with Gasteiger partial charge in [-0.15, -0.1) is 11.6 Å². The molecule has 0 bridgehead atoms. The molecule has 1 atom stereocenters. The summed E-state index contributed by atoms with van der Waals surface area (Å²) < 4.78 is 26.2. The van der Waals surface area contributed by atoms with E-state index in [9.17, 15) is 8.42 Å². The molecule has 1 unspecified atom stereocenters. The van der Waals surface area contributed by atoms with Crippen molar-refractivity contribution >= 4 is 21.6 Å². The van der Waals surface area contributed by atoms with Gasteiger partial charge in [0.15, 0.2) is 0 Å². The van der Waals surface area contributed by atoms with Crippen molar-refractivity contribution in [3.05, 3.63) is 0 Å². The lowest BCUT2D eigenvalue weighted by Gasteiger charge is -2.24. The molecule has 1 saturated carbocycles. The van der Waals surface area contributed by atoms with E-state index in [-0.39, 0.29) is 17.1 Å². The van der Waals surface area contributed by atoms with Gasteiger partial charge in [0.05, 0.1) is 5.75 Å². The van der Waals surface area contributed by atoms with Crippen molar-refractivity contribution in [1.82, 2.24) is 4.72 Å². The van der Waals surface area contributed by atoms with Gasteiger partial charge in [0.1, 0.15) is 0 Å². The van der Waals surface area contributed by atoms with Gasteiger partial charge >= 0.3 is 0 Å². The molecule has 1 rings (SSSR count). The van der Waals surface area contributed by atoms with Crippen LogP contribution in [0.2, 0.25) is 0 Å². The Morgan fingerprint density at radius 2 is 1.94 bits per heavy atom. The Labute approximate surface area is 104 Å². The lowest BCUT2D eigenvalue weighted by atomic mass is 9.89. The molecule has 0 radical (unpaired) electrons. The largest absolute Gasteiger partial charge is 0.215 e. The molecule has 1 N–H and O–H groups in total. The highest BCUT2D eigenvalue weighted by atomic mass is 35.5. The number of nitrogens with one attached hydrogen (secondary N) is 1. The number of alkyl halides is 1. The van der Waals surface area contributed by atoms with Crippen molar-refractivity contribution in [2.24, 2.45) is 11.3 Å². The van der Waals surface area contributed by atoms with Crippen LogP contribution in [0.25, 0.3) is 0 Å². The molecule has 0 aromatic heterocycles. The smallest absolute Gasteiger partial charge is 0.211 e. The monoisotopic (exact) mass is 267 g/mol. The molecule has 5 heteroatoms. The minimum atomic E-state index is -3.15. The highest BCUT2D eigenvalue weighted by Crippen LogP contribution is 2.36. The van der Waals surface area contributed by atoms with Crippen LogP contribution in [0.1, 0.15) is 39.5 Å². The van der Waals surface area contributed by atoms with Crippen LogP contribution in [0, 0.1) is 11.3 Å². The van der Waals surface area contributed by atoms with Gasteiger partial charge in [0, 0.05) is 12.4 Å². The van der Waals surface area contributed by atoms with E-state index in [0.717, 1.165) is 12.8 Å². The van der Waals surface area contributed by atoms with E-state index < -0.39 is 10.0 Å². The molecule has 0 aromatic carbocycles. The van der Waals surface area contributed by atoms with Crippen LogP contribution in [-0.2, 0) is 10.0 Å². The van der Waals surface area contributed by atoms with Gasteiger partial charge in [-0.2, -0.15) is 0 Å². The predicted octanol–water partition coefficient (Wildman–Crippen LogP) is 2.36. The molecule has 0 amide bonds. The van der Waals surface area contributed by atoms with E-state index in [4.69, 9.17) is 11.6 Å². The maximum atomic E-state index is 11.7. The highest BCUT2D eigenvalue weighted by Gasteiger charge is 2.30. The predicted molar refractivity (Wildman–Crippen MR) is 68.2 cm³/mol. The van der Waals surface area contributed by atoms with Crippen LogP contribution in [0.4, 0.5) is 0 Å². The van der Waals surface area contributed by atoms with E-state index in [2.05, 4.69) is 11.6 Å². The lowest BCUT2D eigenvalue weighted by molar-refractivity contribution is 0.336. The highest BCUT2D eigenvalue weighted by molar-refractivity contribution is 7.89. The van der Waals surface area contributed by atoms with Gasteiger partial charge < -0.3 is 0 Å². The molecule has 0 spiro atoms. The Morgan fingerprint density at radius 1 is 1.38 bits per heavy atom.